The number of methoxy groups -OCH3 is 2. The predicted molar refractivity (Wildman–Crippen MR) is 74.8 cm³/mol. The van der Waals surface area contributed by atoms with Crippen molar-refractivity contribution in [3.05, 3.63) is 17.7 Å². The van der Waals surface area contributed by atoms with Gasteiger partial charge >= 0.3 is 0 Å². The first-order chi connectivity index (χ1) is 9.05. The molecule has 1 saturated heterocycles. The number of aromatic hydroxyl groups is 1. The fourth-order valence-corrected chi connectivity index (χ4v) is 2.68. The molecule has 1 aromatic carbocycles. The molecule has 1 fully saturated rings. The molecule has 106 valence electrons. The molecule has 4 nitrogen and oxygen atoms in total. The van der Waals surface area contributed by atoms with Crippen LogP contribution in [0, 0.1) is 11.8 Å². The maximum absolute atomic E-state index is 9.89. The molecule has 0 aliphatic carbocycles. The van der Waals surface area contributed by atoms with E-state index >= 15 is 0 Å². The Hall–Kier alpha value is -1.42. The van der Waals surface area contributed by atoms with Crippen LogP contribution in [0.5, 0.6) is 17.2 Å². The smallest absolute Gasteiger partial charge is 0.200 e. The van der Waals surface area contributed by atoms with Gasteiger partial charge in [-0.15, -0.1) is 0 Å². The zero-order valence-electron chi connectivity index (χ0n) is 12.1. The Balaban J connectivity index is 2.16. The third kappa shape index (κ3) is 2.95. The number of rotatable bonds is 4. The molecule has 0 amide bonds. The average molecular weight is 265 g/mol. The highest BCUT2D eigenvalue weighted by Crippen LogP contribution is 2.37. The molecule has 0 aromatic heterocycles. The number of nitrogens with zero attached hydrogens (tertiary/aromatic N) is 1. The van der Waals surface area contributed by atoms with E-state index in [0.717, 1.165) is 37.0 Å². The Morgan fingerprint density at radius 3 is 2.00 bits per heavy atom. The van der Waals surface area contributed by atoms with Crippen LogP contribution in [0.3, 0.4) is 0 Å². The fourth-order valence-electron chi connectivity index (χ4n) is 2.68. The molecular formula is C15H23NO3. The van der Waals surface area contributed by atoms with Gasteiger partial charge in [-0.3, -0.25) is 4.90 Å². The molecule has 2 atom stereocenters. The quantitative estimate of drug-likeness (QED) is 0.908. The van der Waals surface area contributed by atoms with Gasteiger partial charge in [0.05, 0.1) is 14.2 Å². The van der Waals surface area contributed by atoms with E-state index in [9.17, 15) is 5.11 Å². The largest absolute Gasteiger partial charge is 0.502 e. The topological polar surface area (TPSA) is 41.9 Å². The molecule has 0 spiro atoms. The minimum absolute atomic E-state index is 0.0666. The number of ether oxygens (including phenoxy) is 2. The summed E-state index contributed by atoms with van der Waals surface area (Å²) in [6, 6.07) is 3.76. The second-order valence-electron chi connectivity index (χ2n) is 5.50. The zero-order valence-corrected chi connectivity index (χ0v) is 12.1. The summed E-state index contributed by atoms with van der Waals surface area (Å²) in [6.45, 7) is 7.69. The number of likely N-dealkylation sites (tertiary alicyclic amines) is 1. The second-order valence-corrected chi connectivity index (χ2v) is 5.50. The summed E-state index contributed by atoms with van der Waals surface area (Å²) in [5, 5.41) is 9.89. The third-order valence-corrected chi connectivity index (χ3v) is 4.01. The molecule has 2 rings (SSSR count). The van der Waals surface area contributed by atoms with E-state index < -0.39 is 0 Å². The molecule has 1 aliphatic rings. The zero-order chi connectivity index (χ0) is 14.0. The van der Waals surface area contributed by atoms with Gasteiger partial charge in [0.15, 0.2) is 11.5 Å². The molecule has 4 heteroatoms. The summed E-state index contributed by atoms with van der Waals surface area (Å²) in [7, 11) is 3.11. The van der Waals surface area contributed by atoms with E-state index in [0.29, 0.717) is 11.5 Å². The number of phenolic OH excluding ortho intramolecular Hbond substituents is 1. The molecule has 0 radical (unpaired) electrons. The summed E-state index contributed by atoms with van der Waals surface area (Å²) >= 11 is 0. The number of benzene rings is 1. The van der Waals surface area contributed by atoms with Crippen LogP contribution in [0.4, 0.5) is 0 Å². The lowest BCUT2D eigenvalue weighted by Gasteiger charge is -2.17. The Labute approximate surface area is 114 Å². The lowest BCUT2D eigenvalue weighted by molar-refractivity contribution is 0.310. The number of phenols is 1. The SMILES string of the molecule is COc1cc(CN2CC(C)C(C)C2)cc(OC)c1O. The summed E-state index contributed by atoms with van der Waals surface area (Å²) < 4.78 is 10.4. The van der Waals surface area contributed by atoms with Gasteiger partial charge in [-0.1, -0.05) is 13.8 Å². The summed E-state index contributed by atoms with van der Waals surface area (Å²) in [4.78, 5) is 2.43. The van der Waals surface area contributed by atoms with Crippen molar-refractivity contribution >= 4 is 0 Å². The van der Waals surface area contributed by atoms with Crippen molar-refractivity contribution in [2.75, 3.05) is 27.3 Å². The molecular weight excluding hydrogens is 242 g/mol. The maximum atomic E-state index is 9.89. The van der Waals surface area contributed by atoms with Crippen molar-refractivity contribution in [2.45, 2.75) is 20.4 Å². The standard InChI is InChI=1S/C15H23NO3/c1-10-7-16(8-11(10)2)9-12-5-13(18-3)15(17)14(6-12)19-4/h5-6,10-11,17H,7-9H2,1-4H3. The normalized spacial score (nSPS) is 23.6. The molecule has 19 heavy (non-hydrogen) atoms. The predicted octanol–water partition coefficient (Wildman–Crippen LogP) is 2.50. The molecule has 2 unspecified atom stereocenters. The van der Waals surface area contributed by atoms with E-state index in [4.69, 9.17) is 9.47 Å². The van der Waals surface area contributed by atoms with E-state index in [2.05, 4.69) is 18.7 Å². The van der Waals surface area contributed by atoms with Gasteiger partial charge in [-0.2, -0.15) is 0 Å². The Morgan fingerprint density at radius 1 is 1.11 bits per heavy atom. The van der Waals surface area contributed by atoms with Gasteiger partial charge in [-0.05, 0) is 29.5 Å². The van der Waals surface area contributed by atoms with Gasteiger partial charge in [0, 0.05) is 19.6 Å². The van der Waals surface area contributed by atoms with Crippen molar-refractivity contribution < 1.29 is 14.6 Å². The Morgan fingerprint density at radius 2 is 1.58 bits per heavy atom. The van der Waals surface area contributed by atoms with E-state index in [-0.39, 0.29) is 5.75 Å². The van der Waals surface area contributed by atoms with E-state index in [1.165, 1.54) is 0 Å². The maximum Gasteiger partial charge on any atom is 0.200 e. The fraction of sp³-hybridized carbons (Fsp3) is 0.600. The first kappa shape index (κ1) is 14.0. The van der Waals surface area contributed by atoms with Gasteiger partial charge in [-0.25, -0.2) is 0 Å². The minimum atomic E-state index is 0.0666. The molecule has 0 saturated carbocycles. The van der Waals surface area contributed by atoms with Crippen LogP contribution in [0.15, 0.2) is 12.1 Å². The lowest BCUT2D eigenvalue weighted by atomic mass is 10.0. The van der Waals surface area contributed by atoms with Gasteiger partial charge in [0.25, 0.3) is 0 Å². The van der Waals surface area contributed by atoms with Crippen LogP contribution in [0.1, 0.15) is 19.4 Å². The molecule has 1 heterocycles. The summed E-state index contributed by atoms with van der Waals surface area (Å²) in [5.41, 5.74) is 1.10. The van der Waals surface area contributed by atoms with Crippen LogP contribution in [-0.4, -0.2) is 37.3 Å². The minimum Gasteiger partial charge on any atom is -0.502 e. The molecule has 0 bridgehead atoms. The highest BCUT2D eigenvalue weighted by Gasteiger charge is 2.26. The Bertz CT molecular complexity index is 412. The van der Waals surface area contributed by atoms with Crippen molar-refractivity contribution in [3.63, 3.8) is 0 Å². The second kappa shape index (κ2) is 5.70. The van der Waals surface area contributed by atoms with Gasteiger partial charge in [0.1, 0.15) is 0 Å². The van der Waals surface area contributed by atoms with Crippen molar-refractivity contribution in [3.8, 4) is 17.2 Å². The molecule has 1 N–H and O–H groups in total. The third-order valence-electron chi connectivity index (χ3n) is 4.01. The van der Waals surface area contributed by atoms with Gasteiger partial charge < -0.3 is 14.6 Å². The molecule has 1 aromatic rings. The van der Waals surface area contributed by atoms with Crippen molar-refractivity contribution in [1.82, 2.24) is 4.90 Å². The van der Waals surface area contributed by atoms with Gasteiger partial charge in [0.2, 0.25) is 5.75 Å². The van der Waals surface area contributed by atoms with E-state index in [1.54, 1.807) is 14.2 Å². The summed E-state index contributed by atoms with van der Waals surface area (Å²) in [5.74, 6) is 2.48. The van der Waals surface area contributed by atoms with E-state index in [1.807, 2.05) is 12.1 Å². The first-order valence-corrected chi connectivity index (χ1v) is 6.71. The van der Waals surface area contributed by atoms with Crippen LogP contribution in [0.25, 0.3) is 0 Å². The average Bonchev–Trinajstić information content (AvgIpc) is 2.70. The monoisotopic (exact) mass is 265 g/mol. The highest BCUT2D eigenvalue weighted by atomic mass is 16.5. The lowest BCUT2D eigenvalue weighted by Crippen LogP contribution is -2.20. The van der Waals surface area contributed by atoms with Crippen LogP contribution in [-0.2, 0) is 6.54 Å². The van der Waals surface area contributed by atoms with Crippen molar-refractivity contribution in [1.29, 1.82) is 0 Å². The number of hydrogen-bond acceptors (Lipinski definition) is 4. The Kier molecular flexibility index (Phi) is 4.20. The molecule has 1 aliphatic heterocycles. The van der Waals surface area contributed by atoms with Crippen LogP contribution in [0.2, 0.25) is 0 Å². The number of hydrogen-bond donors (Lipinski definition) is 1. The van der Waals surface area contributed by atoms with Crippen molar-refractivity contribution in [2.24, 2.45) is 11.8 Å². The van der Waals surface area contributed by atoms with Crippen LogP contribution < -0.4 is 9.47 Å². The first-order valence-electron chi connectivity index (χ1n) is 6.71. The summed E-state index contributed by atoms with van der Waals surface area (Å²) in [6.07, 6.45) is 0. The highest BCUT2D eigenvalue weighted by molar-refractivity contribution is 5.52. The van der Waals surface area contributed by atoms with Crippen LogP contribution >= 0.6 is 0 Å².